The first-order valence-corrected chi connectivity index (χ1v) is 7.21. The number of anilines is 1. The lowest BCUT2D eigenvalue weighted by molar-refractivity contribution is 0.782. The molecule has 0 spiro atoms. The van der Waals surface area contributed by atoms with E-state index in [0.717, 1.165) is 48.2 Å². The van der Waals surface area contributed by atoms with Gasteiger partial charge >= 0.3 is 0 Å². The van der Waals surface area contributed by atoms with E-state index in [0.29, 0.717) is 0 Å². The van der Waals surface area contributed by atoms with Gasteiger partial charge < -0.3 is 5.32 Å². The summed E-state index contributed by atoms with van der Waals surface area (Å²) in [4.78, 5) is 9.11. The van der Waals surface area contributed by atoms with E-state index in [2.05, 4.69) is 48.1 Å². The average Bonchev–Trinajstić information content (AvgIpc) is 2.72. The van der Waals surface area contributed by atoms with Gasteiger partial charge in [-0.15, -0.1) is 0 Å². The van der Waals surface area contributed by atoms with E-state index >= 15 is 0 Å². The fourth-order valence-electron chi connectivity index (χ4n) is 2.04. The van der Waals surface area contributed by atoms with Gasteiger partial charge in [0.15, 0.2) is 5.82 Å². The van der Waals surface area contributed by atoms with Crippen LogP contribution in [0.4, 0.5) is 5.82 Å². The number of hydrogen-bond donors (Lipinski definition) is 1. The molecule has 5 nitrogen and oxygen atoms in total. The van der Waals surface area contributed by atoms with Crippen molar-refractivity contribution in [2.45, 2.75) is 47.5 Å². The molecule has 108 valence electrons. The zero-order chi connectivity index (χ0) is 14.7. The normalized spacial score (nSPS) is 10.8. The van der Waals surface area contributed by atoms with Crippen LogP contribution in [0.2, 0.25) is 0 Å². The Balaban J connectivity index is 2.46. The standard InChI is InChI=1S/C15H23N5/c1-6-8-16-14-9-15(18-13(7-2)17-14)20-12(5)10(3)11(4)19-20/h9H,6-8H2,1-5H3,(H,16,17,18). The van der Waals surface area contributed by atoms with Crippen molar-refractivity contribution in [3.63, 3.8) is 0 Å². The Morgan fingerprint density at radius 3 is 2.45 bits per heavy atom. The molecule has 0 aliphatic carbocycles. The van der Waals surface area contributed by atoms with Crippen LogP contribution in [0.25, 0.3) is 5.82 Å². The third kappa shape index (κ3) is 2.81. The lowest BCUT2D eigenvalue weighted by Crippen LogP contribution is -2.10. The monoisotopic (exact) mass is 273 g/mol. The van der Waals surface area contributed by atoms with Crippen LogP contribution in [-0.4, -0.2) is 26.3 Å². The molecule has 0 aliphatic rings. The van der Waals surface area contributed by atoms with Gasteiger partial charge in [0.1, 0.15) is 11.6 Å². The maximum atomic E-state index is 4.59. The van der Waals surface area contributed by atoms with E-state index in [1.165, 1.54) is 5.56 Å². The predicted octanol–water partition coefficient (Wildman–Crippen LogP) is 2.97. The Kier molecular flexibility index (Phi) is 4.37. The third-order valence-corrected chi connectivity index (χ3v) is 3.50. The maximum absolute atomic E-state index is 4.59. The van der Waals surface area contributed by atoms with E-state index in [4.69, 9.17) is 0 Å². The fourth-order valence-corrected chi connectivity index (χ4v) is 2.04. The number of nitrogens with one attached hydrogen (secondary N) is 1. The summed E-state index contributed by atoms with van der Waals surface area (Å²) in [6, 6.07) is 1.97. The third-order valence-electron chi connectivity index (χ3n) is 3.50. The van der Waals surface area contributed by atoms with E-state index < -0.39 is 0 Å². The Bertz CT molecular complexity index is 601. The molecule has 5 heteroatoms. The maximum Gasteiger partial charge on any atom is 0.159 e. The summed E-state index contributed by atoms with van der Waals surface area (Å²) in [6.07, 6.45) is 1.88. The number of aryl methyl sites for hydroxylation is 2. The summed E-state index contributed by atoms with van der Waals surface area (Å²) in [7, 11) is 0. The number of hydrogen-bond acceptors (Lipinski definition) is 4. The molecule has 2 aromatic rings. The largest absolute Gasteiger partial charge is 0.370 e. The molecule has 2 aromatic heterocycles. The quantitative estimate of drug-likeness (QED) is 0.910. The van der Waals surface area contributed by atoms with E-state index in [1.807, 2.05) is 17.7 Å². The first kappa shape index (κ1) is 14.5. The second-order valence-electron chi connectivity index (χ2n) is 5.02. The number of rotatable bonds is 5. The lowest BCUT2D eigenvalue weighted by atomic mass is 10.2. The van der Waals surface area contributed by atoms with Crippen LogP contribution >= 0.6 is 0 Å². The van der Waals surface area contributed by atoms with Crippen molar-refractivity contribution >= 4 is 5.82 Å². The van der Waals surface area contributed by atoms with Crippen LogP contribution in [0.15, 0.2) is 6.07 Å². The highest BCUT2D eigenvalue weighted by Gasteiger charge is 2.12. The van der Waals surface area contributed by atoms with Crippen molar-refractivity contribution in [3.8, 4) is 5.82 Å². The Morgan fingerprint density at radius 1 is 1.15 bits per heavy atom. The van der Waals surface area contributed by atoms with Crippen LogP contribution in [0.5, 0.6) is 0 Å². The second kappa shape index (κ2) is 6.03. The topological polar surface area (TPSA) is 55.6 Å². The van der Waals surface area contributed by atoms with Crippen LogP contribution in [0, 0.1) is 20.8 Å². The van der Waals surface area contributed by atoms with Gasteiger partial charge in [0.25, 0.3) is 0 Å². The van der Waals surface area contributed by atoms with Crippen LogP contribution < -0.4 is 5.32 Å². The minimum absolute atomic E-state index is 0.812. The Hall–Kier alpha value is -1.91. The van der Waals surface area contributed by atoms with Crippen molar-refractivity contribution in [1.82, 2.24) is 19.7 Å². The van der Waals surface area contributed by atoms with Gasteiger partial charge in [0.05, 0.1) is 5.69 Å². The Morgan fingerprint density at radius 2 is 1.90 bits per heavy atom. The summed E-state index contributed by atoms with van der Waals surface area (Å²) >= 11 is 0. The average molecular weight is 273 g/mol. The molecular weight excluding hydrogens is 250 g/mol. The van der Waals surface area contributed by atoms with E-state index in [-0.39, 0.29) is 0 Å². The molecular formula is C15H23N5. The van der Waals surface area contributed by atoms with Gasteiger partial charge in [-0.3, -0.25) is 0 Å². The molecule has 0 saturated heterocycles. The van der Waals surface area contributed by atoms with Crippen LogP contribution in [0.1, 0.15) is 43.0 Å². The summed E-state index contributed by atoms with van der Waals surface area (Å²) in [5.41, 5.74) is 3.39. The van der Waals surface area contributed by atoms with Gasteiger partial charge in [0, 0.05) is 24.7 Å². The van der Waals surface area contributed by atoms with Crippen LogP contribution in [-0.2, 0) is 6.42 Å². The van der Waals surface area contributed by atoms with E-state index in [9.17, 15) is 0 Å². The Labute approximate surface area is 120 Å². The van der Waals surface area contributed by atoms with Crippen molar-refractivity contribution in [1.29, 1.82) is 0 Å². The lowest BCUT2D eigenvalue weighted by Gasteiger charge is -2.10. The first-order valence-electron chi connectivity index (χ1n) is 7.21. The predicted molar refractivity (Wildman–Crippen MR) is 81.5 cm³/mol. The highest BCUT2D eigenvalue weighted by molar-refractivity contribution is 5.43. The minimum Gasteiger partial charge on any atom is -0.370 e. The molecule has 0 atom stereocenters. The zero-order valence-corrected chi connectivity index (χ0v) is 13.0. The molecule has 0 amide bonds. The minimum atomic E-state index is 0.812. The van der Waals surface area contributed by atoms with Gasteiger partial charge in [-0.05, 0) is 32.8 Å². The highest BCUT2D eigenvalue weighted by Crippen LogP contribution is 2.17. The van der Waals surface area contributed by atoms with Crippen molar-refractivity contribution in [2.75, 3.05) is 11.9 Å². The zero-order valence-electron chi connectivity index (χ0n) is 13.0. The molecule has 2 heterocycles. The molecule has 0 fully saturated rings. The summed E-state index contributed by atoms with van der Waals surface area (Å²) in [5.74, 6) is 2.55. The molecule has 0 bridgehead atoms. The van der Waals surface area contributed by atoms with Gasteiger partial charge in [0.2, 0.25) is 0 Å². The van der Waals surface area contributed by atoms with E-state index in [1.54, 1.807) is 0 Å². The molecule has 1 N–H and O–H groups in total. The number of aromatic nitrogens is 4. The number of nitrogens with zero attached hydrogens (tertiary/aromatic N) is 4. The fraction of sp³-hybridized carbons (Fsp3) is 0.533. The van der Waals surface area contributed by atoms with Gasteiger partial charge in [-0.25, -0.2) is 14.6 Å². The van der Waals surface area contributed by atoms with Gasteiger partial charge in [-0.2, -0.15) is 5.10 Å². The second-order valence-corrected chi connectivity index (χ2v) is 5.02. The van der Waals surface area contributed by atoms with Crippen molar-refractivity contribution < 1.29 is 0 Å². The molecule has 0 unspecified atom stereocenters. The van der Waals surface area contributed by atoms with Crippen molar-refractivity contribution in [3.05, 3.63) is 28.8 Å². The molecule has 20 heavy (non-hydrogen) atoms. The SMILES string of the molecule is CCCNc1cc(-n2nc(C)c(C)c2C)nc(CC)n1. The highest BCUT2D eigenvalue weighted by atomic mass is 15.3. The summed E-state index contributed by atoms with van der Waals surface area (Å²) in [6.45, 7) is 11.3. The van der Waals surface area contributed by atoms with Crippen molar-refractivity contribution in [2.24, 2.45) is 0 Å². The smallest absolute Gasteiger partial charge is 0.159 e. The summed E-state index contributed by atoms with van der Waals surface area (Å²) < 4.78 is 1.91. The van der Waals surface area contributed by atoms with Crippen LogP contribution in [0.3, 0.4) is 0 Å². The molecule has 0 aromatic carbocycles. The molecule has 0 radical (unpaired) electrons. The first-order chi connectivity index (χ1) is 9.56. The summed E-state index contributed by atoms with van der Waals surface area (Å²) in [5, 5.41) is 7.90. The molecule has 0 aliphatic heterocycles. The molecule has 0 saturated carbocycles. The van der Waals surface area contributed by atoms with Gasteiger partial charge in [-0.1, -0.05) is 13.8 Å². The molecule has 2 rings (SSSR count).